The smallest absolute Gasteiger partial charge is 0.323 e. The van der Waals surface area contributed by atoms with Crippen molar-refractivity contribution in [2.45, 2.75) is 79.1 Å². The van der Waals surface area contributed by atoms with Gasteiger partial charge in [-0.3, -0.25) is 4.79 Å². The van der Waals surface area contributed by atoms with E-state index in [2.05, 4.69) is 51.1 Å². The minimum absolute atomic E-state index is 0.120. The minimum Gasteiger partial charge on any atom is -0.459 e. The second-order valence-electron chi connectivity index (χ2n) is 11.0. The molecule has 34 heavy (non-hydrogen) atoms. The maximum atomic E-state index is 12.6. The molecular formula is C27H37N5O2. The zero-order valence-electron chi connectivity index (χ0n) is 21.6. The summed E-state index contributed by atoms with van der Waals surface area (Å²) in [5.41, 5.74) is 3.40. The molecule has 1 N–H and O–H groups in total. The van der Waals surface area contributed by atoms with Crippen LogP contribution in [0.15, 0.2) is 48.5 Å². The Morgan fingerprint density at radius 1 is 0.971 bits per heavy atom. The molecule has 0 saturated carbocycles. The molecule has 1 aromatic heterocycles. The van der Waals surface area contributed by atoms with Crippen LogP contribution in [0.2, 0.25) is 0 Å². The van der Waals surface area contributed by atoms with Crippen molar-refractivity contribution in [1.82, 2.24) is 25.5 Å². The van der Waals surface area contributed by atoms with Gasteiger partial charge in [-0.1, -0.05) is 62.4 Å². The van der Waals surface area contributed by atoms with E-state index in [1.165, 1.54) is 0 Å². The molecule has 0 spiro atoms. The maximum Gasteiger partial charge on any atom is 0.323 e. The van der Waals surface area contributed by atoms with Crippen molar-refractivity contribution in [3.8, 4) is 22.5 Å². The summed E-state index contributed by atoms with van der Waals surface area (Å²) >= 11 is 0. The largest absolute Gasteiger partial charge is 0.459 e. The molecule has 3 rings (SSSR count). The van der Waals surface area contributed by atoms with Crippen molar-refractivity contribution in [1.29, 1.82) is 0 Å². The number of nitrogens with zero attached hydrogens (tertiary/aromatic N) is 4. The van der Waals surface area contributed by atoms with Crippen LogP contribution >= 0.6 is 0 Å². The van der Waals surface area contributed by atoms with Gasteiger partial charge in [0.2, 0.25) is 5.82 Å². The van der Waals surface area contributed by atoms with Crippen molar-refractivity contribution in [2.24, 2.45) is 5.92 Å². The summed E-state index contributed by atoms with van der Waals surface area (Å²) < 4.78 is 5.58. The molecular weight excluding hydrogens is 426 g/mol. The van der Waals surface area contributed by atoms with Crippen molar-refractivity contribution in [3.63, 3.8) is 0 Å². The second kappa shape index (κ2) is 10.1. The van der Waals surface area contributed by atoms with E-state index in [1.807, 2.05) is 73.6 Å². The van der Waals surface area contributed by atoms with E-state index in [-0.39, 0.29) is 23.5 Å². The number of ether oxygens (including phenoxy) is 1. The normalized spacial score (nSPS) is 13.2. The van der Waals surface area contributed by atoms with Gasteiger partial charge in [0.1, 0.15) is 11.6 Å². The van der Waals surface area contributed by atoms with E-state index in [4.69, 9.17) is 4.74 Å². The second-order valence-corrected chi connectivity index (χ2v) is 11.0. The quantitative estimate of drug-likeness (QED) is 0.484. The van der Waals surface area contributed by atoms with Crippen LogP contribution in [-0.2, 0) is 21.6 Å². The van der Waals surface area contributed by atoms with Crippen molar-refractivity contribution in [3.05, 3.63) is 54.1 Å². The molecule has 0 radical (unpaired) electrons. The number of rotatable bonds is 7. The highest BCUT2D eigenvalue weighted by molar-refractivity contribution is 5.80. The lowest BCUT2D eigenvalue weighted by Crippen LogP contribution is -2.44. The molecule has 1 atom stereocenters. The lowest BCUT2D eigenvalue weighted by molar-refractivity contribution is -0.158. The first-order chi connectivity index (χ1) is 15.8. The van der Waals surface area contributed by atoms with E-state index in [9.17, 15) is 4.79 Å². The number of carbonyl (C=O) groups is 1. The molecule has 3 aromatic rings. The van der Waals surface area contributed by atoms with Crippen molar-refractivity contribution < 1.29 is 9.53 Å². The molecule has 0 fully saturated rings. The van der Waals surface area contributed by atoms with Gasteiger partial charge in [-0.2, -0.15) is 4.80 Å². The lowest BCUT2D eigenvalue weighted by atomic mass is 9.98. The number of benzene rings is 2. The average Bonchev–Trinajstić information content (AvgIpc) is 3.24. The van der Waals surface area contributed by atoms with Crippen LogP contribution in [0.1, 0.15) is 61.0 Å². The summed E-state index contributed by atoms with van der Waals surface area (Å²) in [4.78, 5) is 14.2. The van der Waals surface area contributed by atoms with Crippen LogP contribution < -0.4 is 5.32 Å². The Kier molecular flexibility index (Phi) is 7.56. The van der Waals surface area contributed by atoms with Gasteiger partial charge in [0.05, 0.1) is 5.54 Å². The average molecular weight is 464 g/mol. The first kappa shape index (κ1) is 25.6. The van der Waals surface area contributed by atoms with Crippen LogP contribution in [0.3, 0.4) is 0 Å². The highest BCUT2D eigenvalue weighted by Crippen LogP contribution is 2.30. The molecule has 7 nitrogen and oxygen atoms in total. The van der Waals surface area contributed by atoms with Gasteiger partial charge in [0.15, 0.2) is 0 Å². The fraction of sp³-hybridized carbons (Fsp3) is 0.481. The summed E-state index contributed by atoms with van der Waals surface area (Å²) in [6, 6.07) is 16.0. The number of hydrogen-bond acceptors (Lipinski definition) is 6. The highest BCUT2D eigenvalue weighted by atomic mass is 16.6. The number of nitrogens with one attached hydrogen (secondary N) is 1. The molecule has 1 unspecified atom stereocenters. The molecule has 0 aliphatic carbocycles. The summed E-state index contributed by atoms with van der Waals surface area (Å²) in [6.45, 7) is 16.4. The van der Waals surface area contributed by atoms with Gasteiger partial charge in [-0.15, -0.1) is 10.2 Å². The standard InChI is InChI=1S/C27H37N5O2/c1-18(2)23(25(33)34-27(6,7)8)28-17-19-13-15-20(16-14-19)21-11-9-10-12-22(21)24-29-31-32(30-24)26(3,4)5/h9-16,18,23,28H,17H2,1-8H3. The summed E-state index contributed by atoms with van der Waals surface area (Å²) in [5, 5.41) is 16.5. The molecule has 182 valence electrons. The molecule has 0 aliphatic heterocycles. The van der Waals surface area contributed by atoms with Gasteiger partial charge >= 0.3 is 5.97 Å². The summed E-state index contributed by atoms with van der Waals surface area (Å²) in [6.07, 6.45) is 0. The number of tetrazole rings is 1. The molecule has 1 heterocycles. The fourth-order valence-corrected chi connectivity index (χ4v) is 3.52. The molecule has 0 aliphatic rings. The van der Waals surface area contributed by atoms with E-state index in [0.29, 0.717) is 12.4 Å². The number of esters is 1. The Balaban J connectivity index is 1.76. The zero-order chi connectivity index (χ0) is 25.1. The summed E-state index contributed by atoms with van der Waals surface area (Å²) in [7, 11) is 0. The van der Waals surface area contributed by atoms with Gasteiger partial charge in [-0.05, 0) is 69.4 Å². The molecule has 7 heteroatoms. The van der Waals surface area contributed by atoms with Crippen molar-refractivity contribution in [2.75, 3.05) is 0 Å². The summed E-state index contributed by atoms with van der Waals surface area (Å²) in [5.74, 6) is 0.507. The Labute approximate surface area is 202 Å². The van der Waals surface area contributed by atoms with E-state index < -0.39 is 5.60 Å². The Morgan fingerprint density at radius 3 is 2.12 bits per heavy atom. The van der Waals surface area contributed by atoms with Crippen molar-refractivity contribution >= 4 is 5.97 Å². The van der Waals surface area contributed by atoms with Crippen LogP contribution in [-0.4, -0.2) is 37.8 Å². The van der Waals surface area contributed by atoms with Crippen LogP contribution in [0.4, 0.5) is 0 Å². The first-order valence-electron chi connectivity index (χ1n) is 11.8. The molecule has 2 aromatic carbocycles. The van der Waals surface area contributed by atoms with E-state index in [0.717, 1.165) is 22.3 Å². The molecule has 0 saturated heterocycles. The van der Waals surface area contributed by atoms with Crippen LogP contribution in [0.25, 0.3) is 22.5 Å². The third-order valence-electron chi connectivity index (χ3n) is 5.30. The lowest BCUT2D eigenvalue weighted by Gasteiger charge is -2.26. The Bertz CT molecular complexity index is 1110. The predicted molar refractivity (Wildman–Crippen MR) is 135 cm³/mol. The number of aromatic nitrogens is 4. The van der Waals surface area contributed by atoms with Crippen LogP contribution in [0.5, 0.6) is 0 Å². The zero-order valence-corrected chi connectivity index (χ0v) is 21.6. The third kappa shape index (κ3) is 6.50. The monoisotopic (exact) mass is 463 g/mol. The van der Waals surface area contributed by atoms with Gasteiger partial charge in [0.25, 0.3) is 0 Å². The van der Waals surface area contributed by atoms with Crippen LogP contribution in [0, 0.1) is 5.92 Å². The number of hydrogen-bond donors (Lipinski definition) is 1. The predicted octanol–water partition coefficient (Wildman–Crippen LogP) is 5.22. The molecule has 0 amide bonds. The van der Waals surface area contributed by atoms with E-state index in [1.54, 1.807) is 4.80 Å². The Morgan fingerprint density at radius 2 is 1.59 bits per heavy atom. The molecule has 0 bridgehead atoms. The van der Waals surface area contributed by atoms with Gasteiger partial charge in [0, 0.05) is 12.1 Å². The first-order valence-corrected chi connectivity index (χ1v) is 11.8. The number of carbonyl (C=O) groups excluding carboxylic acids is 1. The maximum absolute atomic E-state index is 12.6. The highest BCUT2D eigenvalue weighted by Gasteiger charge is 2.27. The Hall–Kier alpha value is -3.06. The van der Waals surface area contributed by atoms with Gasteiger partial charge in [-0.25, -0.2) is 0 Å². The fourth-order valence-electron chi connectivity index (χ4n) is 3.52. The SMILES string of the molecule is CC(C)C(NCc1ccc(-c2ccccc2-c2nnn(C(C)(C)C)n2)cc1)C(=O)OC(C)(C)C. The van der Waals surface area contributed by atoms with E-state index >= 15 is 0 Å². The third-order valence-corrected chi connectivity index (χ3v) is 5.30. The minimum atomic E-state index is -0.506. The topological polar surface area (TPSA) is 81.9 Å². The van der Waals surface area contributed by atoms with Gasteiger partial charge < -0.3 is 10.1 Å².